The third-order valence-corrected chi connectivity index (χ3v) is 5.63. The summed E-state index contributed by atoms with van der Waals surface area (Å²) in [5.41, 5.74) is 2.79. The van der Waals surface area contributed by atoms with Crippen LogP contribution in [0.5, 0.6) is 0 Å². The van der Waals surface area contributed by atoms with Gasteiger partial charge in [0.2, 0.25) is 0 Å². The van der Waals surface area contributed by atoms with Crippen LogP contribution in [0.1, 0.15) is 59.4 Å². The standard InChI is InChI=1S/C23H41N3O/c1-6-7-17-27-18-12-23(4,5)24-19-21-8-10-22(11-9-21)26-15-13-25(14-16-26)20(2)3/h8-11,20,24H,6-7,12-19H2,1-5H3. The summed E-state index contributed by atoms with van der Waals surface area (Å²) in [5, 5.41) is 3.68. The molecule has 27 heavy (non-hydrogen) atoms. The van der Waals surface area contributed by atoms with Crippen molar-refractivity contribution in [3.8, 4) is 0 Å². The van der Waals surface area contributed by atoms with Crippen LogP contribution in [0, 0.1) is 0 Å². The van der Waals surface area contributed by atoms with Gasteiger partial charge in [0.1, 0.15) is 0 Å². The molecule has 0 unspecified atom stereocenters. The summed E-state index contributed by atoms with van der Waals surface area (Å²) in [6, 6.07) is 9.75. The molecule has 0 spiro atoms. The van der Waals surface area contributed by atoms with E-state index in [2.05, 4.69) is 74.0 Å². The maximum absolute atomic E-state index is 5.72. The highest BCUT2D eigenvalue weighted by Crippen LogP contribution is 2.19. The number of ether oxygens (including phenoxy) is 1. The number of rotatable bonds is 11. The molecule has 154 valence electrons. The number of piperazine rings is 1. The van der Waals surface area contributed by atoms with Crippen molar-refractivity contribution in [2.45, 2.75) is 72.0 Å². The van der Waals surface area contributed by atoms with Crippen LogP contribution >= 0.6 is 0 Å². The zero-order valence-corrected chi connectivity index (χ0v) is 18.3. The minimum atomic E-state index is 0.0953. The molecule has 0 radical (unpaired) electrons. The first-order chi connectivity index (χ1) is 12.9. The van der Waals surface area contributed by atoms with Crippen molar-refractivity contribution in [1.29, 1.82) is 0 Å². The third kappa shape index (κ3) is 7.81. The lowest BCUT2D eigenvalue weighted by atomic mass is 10.0. The molecule has 1 heterocycles. The molecule has 1 aliphatic rings. The fourth-order valence-electron chi connectivity index (χ4n) is 3.43. The van der Waals surface area contributed by atoms with Crippen molar-refractivity contribution in [1.82, 2.24) is 10.2 Å². The van der Waals surface area contributed by atoms with E-state index in [0.29, 0.717) is 6.04 Å². The second-order valence-corrected chi connectivity index (χ2v) is 8.74. The van der Waals surface area contributed by atoms with E-state index >= 15 is 0 Å². The van der Waals surface area contributed by atoms with Gasteiger partial charge in [0.15, 0.2) is 0 Å². The molecule has 1 saturated heterocycles. The van der Waals surface area contributed by atoms with E-state index in [4.69, 9.17) is 4.74 Å². The Labute approximate surface area is 167 Å². The average Bonchev–Trinajstić information content (AvgIpc) is 2.67. The molecule has 1 N–H and O–H groups in total. The molecule has 1 aromatic carbocycles. The first-order valence-corrected chi connectivity index (χ1v) is 10.8. The van der Waals surface area contributed by atoms with Gasteiger partial charge in [-0.15, -0.1) is 0 Å². The Kier molecular flexibility index (Phi) is 9.07. The van der Waals surface area contributed by atoms with Gasteiger partial charge in [-0.3, -0.25) is 4.90 Å². The molecule has 1 aromatic rings. The highest BCUT2D eigenvalue weighted by molar-refractivity contribution is 5.48. The van der Waals surface area contributed by atoms with Gasteiger partial charge in [-0.05, 0) is 58.2 Å². The Morgan fingerprint density at radius 2 is 1.70 bits per heavy atom. The van der Waals surface area contributed by atoms with Crippen molar-refractivity contribution in [2.75, 3.05) is 44.3 Å². The van der Waals surface area contributed by atoms with E-state index in [1.54, 1.807) is 0 Å². The highest BCUT2D eigenvalue weighted by Gasteiger charge is 2.19. The molecule has 0 saturated carbocycles. The number of anilines is 1. The molecule has 4 heteroatoms. The monoisotopic (exact) mass is 375 g/mol. The van der Waals surface area contributed by atoms with Gasteiger partial charge in [0.25, 0.3) is 0 Å². The van der Waals surface area contributed by atoms with Crippen molar-refractivity contribution in [2.24, 2.45) is 0 Å². The van der Waals surface area contributed by atoms with Gasteiger partial charge in [0.05, 0.1) is 0 Å². The van der Waals surface area contributed by atoms with Crippen LogP contribution in [0.2, 0.25) is 0 Å². The lowest BCUT2D eigenvalue weighted by molar-refractivity contribution is 0.110. The van der Waals surface area contributed by atoms with Crippen LogP contribution in [-0.2, 0) is 11.3 Å². The minimum Gasteiger partial charge on any atom is -0.381 e. The highest BCUT2D eigenvalue weighted by atomic mass is 16.5. The van der Waals surface area contributed by atoms with Crippen molar-refractivity contribution >= 4 is 5.69 Å². The predicted molar refractivity (Wildman–Crippen MR) is 117 cm³/mol. The Morgan fingerprint density at radius 1 is 1.04 bits per heavy atom. The summed E-state index contributed by atoms with van der Waals surface area (Å²) in [6.07, 6.45) is 3.40. The Morgan fingerprint density at radius 3 is 2.30 bits per heavy atom. The van der Waals surface area contributed by atoms with Crippen molar-refractivity contribution in [3.63, 3.8) is 0 Å². The van der Waals surface area contributed by atoms with Crippen LogP contribution in [0.25, 0.3) is 0 Å². The maximum atomic E-state index is 5.72. The fraction of sp³-hybridized carbons (Fsp3) is 0.739. The molecular weight excluding hydrogens is 334 g/mol. The van der Waals surface area contributed by atoms with E-state index in [1.807, 2.05) is 0 Å². The normalized spacial score (nSPS) is 16.3. The Hall–Kier alpha value is -1.10. The molecule has 4 nitrogen and oxygen atoms in total. The SMILES string of the molecule is CCCCOCCC(C)(C)NCc1ccc(N2CCN(C(C)C)CC2)cc1. The lowest BCUT2D eigenvalue weighted by Gasteiger charge is -2.38. The summed E-state index contributed by atoms with van der Waals surface area (Å²) in [4.78, 5) is 5.07. The molecule has 1 aliphatic heterocycles. The molecular formula is C23H41N3O. The first kappa shape index (κ1) is 22.2. The Bertz CT molecular complexity index is 519. The van der Waals surface area contributed by atoms with Crippen molar-refractivity contribution in [3.05, 3.63) is 29.8 Å². The van der Waals surface area contributed by atoms with Crippen LogP contribution in [0.3, 0.4) is 0 Å². The van der Waals surface area contributed by atoms with Gasteiger partial charge in [-0.1, -0.05) is 25.5 Å². The second-order valence-electron chi connectivity index (χ2n) is 8.74. The number of unbranched alkanes of at least 4 members (excludes halogenated alkanes) is 1. The van der Waals surface area contributed by atoms with Gasteiger partial charge in [-0.25, -0.2) is 0 Å². The van der Waals surface area contributed by atoms with E-state index in [0.717, 1.165) is 58.8 Å². The topological polar surface area (TPSA) is 27.7 Å². The summed E-state index contributed by atoms with van der Waals surface area (Å²) < 4.78 is 5.72. The fourth-order valence-corrected chi connectivity index (χ4v) is 3.43. The van der Waals surface area contributed by atoms with Gasteiger partial charge < -0.3 is 15.0 Å². The molecule has 0 bridgehead atoms. The second kappa shape index (κ2) is 11.0. The van der Waals surface area contributed by atoms with Crippen LogP contribution < -0.4 is 10.2 Å². The largest absolute Gasteiger partial charge is 0.381 e. The quantitative estimate of drug-likeness (QED) is 0.584. The molecule has 1 fully saturated rings. The van der Waals surface area contributed by atoms with E-state index in [-0.39, 0.29) is 5.54 Å². The summed E-state index contributed by atoms with van der Waals surface area (Å²) >= 11 is 0. The first-order valence-electron chi connectivity index (χ1n) is 10.8. The van der Waals surface area contributed by atoms with E-state index in [1.165, 1.54) is 17.7 Å². The number of hydrogen-bond acceptors (Lipinski definition) is 4. The van der Waals surface area contributed by atoms with Crippen molar-refractivity contribution < 1.29 is 4.74 Å². The third-order valence-electron chi connectivity index (χ3n) is 5.63. The van der Waals surface area contributed by atoms with Gasteiger partial charge >= 0.3 is 0 Å². The molecule has 0 atom stereocenters. The van der Waals surface area contributed by atoms with E-state index < -0.39 is 0 Å². The van der Waals surface area contributed by atoms with Gasteiger partial charge in [-0.2, -0.15) is 0 Å². The van der Waals surface area contributed by atoms with Crippen LogP contribution in [0.15, 0.2) is 24.3 Å². The lowest BCUT2D eigenvalue weighted by Crippen LogP contribution is -2.48. The molecule has 0 amide bonds. The smallest absolute Gasteiger partial charge is 0.0483 e. The maximum Gasteiger partial charge on any atom is 0.0483 e. The number of nitrogens with one attached hydrogen (secondary N) is 1. The summed E-state index contributed by atoms with van der Waals surface area (Å²) in [7, 11) is 0. The zero-order chi connectivity index (χ0) is 19.7. The van der Waals surface area contributed by atoms with Gasteiger partial charge in [0, 0.05) is 63.2 Å². The summed E-state index contributed by atoms with van der Waals surface area (Å²) in [5.74, 6) is 0. The minimum absolute atomic E-state index is 0.0953. The predicted octanol–water partition coefficient (Wildman–Crippen LogP) is 4.29. The zero-order valence-electron chi connectivity index (χ0n) is 18.3. The molecule has 2 rings (SSSR count). The Balaban J connectivity index is 1.73. The summed E-state index contributed by atoms with van der Waals surface area (Å²) in [6.45, 7) is 18.5. The number of nitrogens with zero attached hydrogens (tertiary/aromatic N) is 2. The molecule has 0 aromatic heterocycles. The molecule has 0 aliphatic carbocycles. The van der Waals surface area contributed by atoms with Crippen LogP contribution in [-0.4, -0.2) is 55.9 Å². The van der Waals surface area contributed by atoms with Crippen LogP contribution in [0.4, 0.5) is 5.69 Å². The number of hydrogen-bond donors (Lipinski definition) is 1. The van der Waals surface area contributed by atoms with E-state index in [9.17, 15) is 0 Å². The average molecular weight is 376 g/mol. The number of benzene rings is 1.